The van der Waals surface area contributed by atoms with E-state index in [1.807, 2.05) is 0 Å². The lowest BCUT2D eigenvalue weighted by atomic mass is 10.0. The molecule has 0 atom stereocenters. The van der Waals surface area contributed by atoms with E-state index in [1.54, 1.807) is 12.1 Å². The average Bonchev–Trinajstić information content (AvgIpc) is 3.11. The summed E-state index contributed by atoms with van der Waals surface area (Å²) in [5, 5.41) is 10.0. The van der Waals surface area contributed by atoms with Crippen LogP contribution in [0.3, 0.4) is 0 Å². The zero-order valence-corrected chi connectivity index (χ0v) is 16.7. The fraction of sp³-hybridized carbons (Fsp3) is 0.524. The summed E-state index contributed by atoms with van der Waals surface area (Å²) in [6, 6.07) is 7.30. The number of alkyl halides is 3. The molecule has 1 aromatic heterocycles. The molecule has 0 unspecified atom stereocenters. The van der Waals surface area contributed by atoms with Crippen molar-refractivity contribution in [1.82, 2.24) is 20.4 Å². The summed E-state index contributed by atoms with van der Waals surface area (Å²) < 4.78 is 38.6. The molecule has 2 heterocycles. The number of aromatic amines is 1. The third-order valence-corrected chi connectivity index (χ3v) is 5.07. The van der Waals surface area contributed by atoms with Gasteiger partial charge in [0.2, 0.25) is 0 Å². The second-order valence-electron chi connectivity index (χ2n) is 8.10. The minimum Gasteiger partial charge on any atom is -0.348 e. The van der Waals surface area contributed by atoms with Gasteiger partial charge in [0.05, 0.1) is 5.56 Å². The Hall–Kier alpha value is -2.35. The number of rotatable bonds is 6. The van der Waals surface area contributed by atoms with Crippen molar-refractivity contribution in [2.45, 2.75) is 51.9 Å². The van der Waals surface area contributed by atoms with Gasteiger partial charge in [0.1, 0.15) is 5.69 Å². The molecule has 29 heavy (non-hydrogen) atoms. The predicted octanol–water partition coefficient (Wildman–Crippen LogP) is 4.02. The molecule has 2 N–H and O–H groups in total. The van der Waals surface area contributed by atoms with Gasteiger partial charge in [0.25, 0.3) is 5.91 Å². The molecule has 5 nitrogen and oxygen atoms in total. The van der Waals surface area contributed by atoms with Crippen LogP contribution in [-0.2, 0) is 19.1 Å². The van der Waals surface area contributed by atoms with Crippen molar-refractivity contribution in [2.75, 3.05) is 13.1 Å². The van der Waals surface area contributed by atoms with E-state index >= 15 is 0 Å². The van der Waals surface area contributed by atoms with Gasteiger partial charge in [-0.2, -0.15) is 18.3 Å². The quantitative estimate of drug-likeness (QED) is 0.759. The van der Waals surface area contributed by atoms with E-state index < -0.39 is 11.7 Å². The van der Waals surface area contributed by atoms with Crippen molar-refractivity contribution in [3.05, 3.63) is 52.8 Å². The number of hydrogen-bond acceptors (Lipinski definition) is 3. The first-order chi connectivity index (χ1) is 13.7. The first-order valence-electron chi connectivity index (χ1n) is 9.94. The zero-order valence-electron chi connectivity index (χ0n) is 16.7. The highest BCUT2D eigenvalue weighted by molar-refractivity contribution is 5.92. The van der Waals surface area contributed by atoms with Crippen LogP contribution in [0.1, 0.15) is 54.0 Å². The van der Waals surface area contributed by atoms with E-state index in [0.717, 1.165) is 44.1 Å². The number of nitrogens with one attached hydrogen (secondary N) is 2. The van der Waals surface area contributed by atoms with E-state index in [0.29, 0.717) is 23.7 Å². The number of aromatic nitrogens is 2. The molecular formula is C21H27F3N4O. The number of amides is 1. The topological polar surface area (TPSA) is 61.0 Å². The van der Waals surface area contributed by atoms with E-state index in [2.05, 4.69) is 34.3 Å². The first kappa shape index (κ1) is 21.4. The van der Waals surface area contributed by atoms with Crippen LogP contribution in [0, 0.1) is 5.92 Å². The third kappa shape index (κ3) is 6.06. The molecule has 158 valence electrons. The number of hydrogen-bond donors (Lipinski definition) is 2. The number of likely N-dealkylation sites (tertiary alicyclic amines) is 1. The van der Waals surface area contributed by atoms with Crippen molar-refractivity contribution in [3.63, 3.8) is 0 Å². The molecule has 1 aromatic carbocycles. The molecule has 1 aliphatic heterocycles. The van der Waals surface area contributed by atoms with Gasteiger partial charge in [-0.25, -0.2) is 0 Å². The molecule has 8 heteroatoms. The van der Waals surface area contributed by atoms with Crippen LogP contribution in [0.25, 0.3) is 0 Å². The molecule has 1 amide bonds. The van der Waals surface area contributed by atoms with Gasteiger partial charge in [-0.1, -0.05) is 32.0 Å². The van der Waals surface area contributed by atoms with Gasteiger partial charge in [-0.05, 0) is 42.9 Å². The van der Waals surface area contributed by atoms with Crippen molar-refractivity contribution < 1.29 is 18.0 Å². The van der Waals surface area contributed by atoms with Gasteiger partial charge in [0.15, 0.2) is 0 Å². The Kier molecular flexibility index (Phi) is 6.62. The second kappa shape index (κ2) is 8.98. The van der Waals surface area contributed by atoms with Crippen LogP contribution >= 0.6 is 0 Å². The monoisotopic (exact) mass is 408 g/mol. The number of carbonyl (C=O) groups excluding carboxylic acids is 1. The van der Waals surface area contributed by atoms with Gasteiger partial charge in [-0.15, -0.1) is 0 Å². The number of piperidine rings is 1. The Bertz CT molecular complexity index is 823. The van der Waals surface area contributed by atoms with Gasteiger partial charge in [0, 0.05) is 31.4 Å². The fourth-order valence-corrected chi connectivity index (χ4v) is 3.62. The molecule has 0 aliphatic carbocycles. The van der Waals surface area contributed by atoms with Crippen LogP contribution in [0.15, 0.2) is 30.3 Å². The van der Waals surface area contributed by atoms with Crippen LogP contribution in [0.2, 0.25) is 0 Å². The van der Waals surface area contributed by atoms with Crippen molar-refractivity contribution in [3.8, 4) is 0 Å². The summed E-state index contributed by atoms with van der Waals surface area (Å²) in [5.41, 5.74) is 1.37. The van der Waals surface area contributed by atoms with Crippen LogP contribution in [0.4, 0.5) is 13.2 Å². The largest absolute Gasteiger partial charge is 0.416 e. The van der Waals surface area contributed by atoms with Crippen LogP contribution in [-0.4, -0.2) is 40.1 Å². The molecule has 1 aliphatic rings. The SMILES string of the molecule is CC(C)Cc1cc(C(=O)NC2CCN(Cc3cccc(C(F)(F)F)c3)CC2)n[nH]1. The fourth-order valence-electron chi connectivity index (χ4n) is 3.62. The molecule has 3 rings (SSSR count). The molecular weight excluding hydrogens is 381 g/mol. The van der Waals surface area contributed by atoms with E-state index in [-0.39, 0.29) is 11.9 Å². The lowest BCUT2D eigenvalue weighted by Gasteiger charge is -2.32. The zero-order chi connectivity index (χ0) is 21.0. The predicted molar refractivity (Wildman–Crippen MR) is 104 cm³/mol. The molecule has 0 radical (unpaired) electrons. The first-order valence-corrected chi connectivity index (χ1v) is 9.94. The molecule has 0 saturated carbocycles. The maximum absolute atomic E-state index is 12.9. The standard InChI is InChI=1S/C21H27F3N4O/c1-14(2)10-18-12-19(27-26-18)20(29)25-17-6-8-28(9-7-17)13-15-4-3-5-16(11-15)21(22,23)24/h3-5,11-12,14,17H,6-10,13H2,1-2H3,(H,25,29)(H,26,27). The summed E-state index contributed by atoms with van der Waals surface area (Å²) in [6.45, 7) is 6.13. The minimum atomic E-state index is -4.32. The van der Waals surface area contributed by atoms with Crippen molar-refractivity contribution in [2.24, 2.45) is 5.92 Å². The Labute approximate surface area is 168 Å². The molecule has 1 saturated heterocycles. The number of nitrogens with zero attached hydrogens (tertiary/aromatic N) is 2. The summed E-state index contributed by atoms with van der Waals surface area (Å²) in [5.74, 6) is 0.292. The summed E-state index contributed by atoms with van der Waals surface area (Å²) in [6.07, 6.45) is -1.97. The Balaban J connectivity index is 1.48. The van der Waals surface area contributed by atoms with Crippen molar-refractivity contribution >= 4 is 5.91 Å². The molecule has 0 spiro atoms. The molecule has 1 fully saturated rings. The van der Waals surface area contributed by atoms with Gasteiger partial charge < -0.3 is 5.32 Å². The van der Waals surface area contributed by atoms with Crippen LogP contribution < -0.4 is 5.32 Å². The summed E-state index contributed by atoms with van der Waals surface area (Å²) in [7, 11) is 0. The van der Waals surface area contributed by atoms with E-state index in [4.69, 9.17) is 0 Å². The number of halogens is 3. The number of H-pyrrole nitrogens is 1. The highest BCUT2D eigenvalue weighted by Crippen LogP contribution is 2.30. The normalized spacial score (nSPS) is 16.3. The van der Waals surface area contributed by atoms with Gasteiger partial charge in [-0.3, -0.25) is 14.8 Å². The van der Waals surface area contributed by atoms with Crippen molar-refractivity contribution in [1.29, 1.82) is 0 Å². The Morgan fingerprint density at radius 3 is 2.66 bits per heavy atom. The Morgan fingerprint density at radius 1 is 1.28 bits per heavy atom. The average molecular weight is 408 g/mol. The molecule has 0 bridgehead atoms. The number of carbonyl (C=O) groups is 1. The summed E-state index contributed by atoms with van der Waals surface area (Å²) in [4.78, 5) is 14.5. The maximum atomic E-state index is 12.9. The van der Waals surface area contributed by atoms with E-state index in [9.17, 15) is 18.0 Å². The van der Waals surface area contributed by atoms with E-state index in [1.165, 1.54) is 12.1 Å². The lowest BCUT2D eigenvalue weighted by Crippen LogP contribution is -2.44. The number of benzene rings is 1. The summed E-state index contributed by atoms with van der Waals surface area (Å²) >= 11 is 0. The lowest BCUT2D eigenvalue weighted by molar-refractivity contribution is -0.137. The highest BCUT2D eigenvalue weighted by atomic mass is 19.4. The van der Waals surface area contributed by atoms with Gasteiger partial charge >= 0.3 is 6.18 Å². The Morgan fingerprint density at radius 2 is 2.00 bits per heavy atom. The highest BCUT2D eigenvalue weighted by Gasteiger charge is 2.30. The second-order valence-corrected chi connectivity index (χ2v) is 8.10. The maximum Gasteiger partial charge on any atom is 0.416 e. The van der Waals surface area contributed by atoms with Crippen LogP contribution in [0.5, 0.6) is 0 Å². The minimum absolute atomic E-state index is 0.0468. The smallest absolute Gasteiger partial charge is 0.348 e. The third-order valence-electron chi connectivity index (χ3n) is 5.07. The molecule has 2 aromatic rings.